The van der Waals surface area contributed by atoms with Gasteiger partial charge >= 0.3 is 0 Å². The van der Waals surface area contributed by atoms with Crippen molar-refractivity contribution in [2.75, 3.05) is 32.4 Å². The second-order valence-electron chi connectivity index (χ2n) is 10.4. The highest BCUT2D eigenvalue weighted by Crippen LogP contribution is 2.40. The summed E-state index contributed by atoms with van der Waals surface area (Å²) in [5.74, 6) is 1.24. The zero-order chi connectivity index (χ0) is 26.9. The Morgan fingerprint density at radius 3 is 2.79 bits per heavy atom. The van der Waals surface area contributed by atoms with Crippen LogP contribution in [0.15, 0.2) is 48.9 Å². The molecule has 0 radical (unpaired) electrons. The van der Waals surface area contributed by atoms with Crippen molar-refractivity contribution in [3.8, 4) is 16.9 Å². The molecule has 1 aromatic carbocycles. The number of rotatable bonds is 9. The minimum absolute atomic E-state index is 0.0617. The van der Waals surface area contributed by atoms with Crippen molar-refractivity contribution < 1.29 is 9.53 Å². The van der Waals surface area contributed by atoms with Crippen LogP contribution in [-0.2, 0) is 11.4 Å². The van der Waals surface area contributed by atoms with E-state index in [1.54, 1.807) is 12.3 Å². The first-order chi connectivity index (χ1) is 19.0. The largest absolute Gasteiger partial charge is 0.487 e. The lowest BCUT2D eigenvalue weighted by atomic mass is 10.0. The van der Waals surface area contributed by atoms with Gasteiger partial charge in [0.05, 0.1) is 23.3 Å². The summed E-state index contributed by atoms with van der Waals surface area (Å²) in [6.07, 6.45) is 10.2. The van der Waals surface area contributed by atoms with Crippen LogP contribution in [0.5, 0.6) is 5.75 Å². The van der Waals surface area contributed by atoms with Crippen molar-refractivity contribution in [1.29, 1.82) is 0 Å². The topological polar surface area (TPSA) is 131 Å². The number of nitrogen functional groups attached to an aromatic ring is 1. The molecule has 4 aromatic rings. The summed E-state index contributed by atoms with van der Waals surface area (Å²) in [7, 11) is 2.11. The number of nitrogens with one attached hydrogen (secondary N) is 1. The Labute approximate surface area is 226 Å². The molecule has 1 atom stereocenters. The number of hydrogen-bond donors (Lipinski definition) is 2. The minimum atomic E-state index is 0.0617. The van der Waals surface area contributed by atoms with Gasteiger partial charge in [0.2, 0.25) is 5.91 Å². The molecule has 202 valence electrons. The van der Waals surface area contributed by atoms with Crippen LogP contribution >= 0.6 is 0 Å². The Morgan fingerprint density at radius 1 is 1.23 bits per heavy atom. The first kappa shape index (κ1) is 25.1. The van der Waals surface area contributed by atoms with Crippen molar-refractivity contribution in [3.05, 3.63) is 60.3 Å². The molecule has 0 bridgehead atoms. The number of likely N-dealkylation sites (N-methyl/N-ethyl adjacent to an activating group) is 1. The first-order valence-electron chi connectivity index (χ1n) is 13.3. The van der Waals surface area contributed by atoms with Crippen molar-refractivity contribution >= 4 is 22.8 Å². The molecule has 11 nitrogen and oxygen atoms in total. The number of carbonyl (C=O) groups is 1. The monoisotopic (exact) mass is 527 g/mol. The summed E-state index contributed by atoms with van der Waals surface area (Å²) < 4.78 is 8.08. The number of fused-ring (bicyclic) bond motifs is 1. The molecule has 3 aromatic heterocycles. The fourth-order valence-corrected chi connectivity index (χ4v) is 5.48. The Balaban J connectivity index is 1.22. The fraction of sp³-hybridized carbons (Fsp3) is 0.393. The van der Waals surface area contributed by atoms with Gasteiger partial charge in [-0.25, -0.2) is 9.97 Å². The Hall–Kier alpha value is -4.25. The molecule has 0 spiro atoms. The number of ether oxygens (including phenoxy) is 1. The third-order valence-electron chi connectivity index (χ3n) is 7.72. The molecule has 1 aliphatic heterocycles. The zero-order valence-corrected chi connectivity index (χ0v) is 22.2. The van der Waals surface area contributed by atoms with Crippen LogP contribution in [0.1, 0.15) is 36.7 Å². The fourth-order valence-electron chi connectivity index (χ4n) is 5.48. The molecule has 1 unspecified atom stereocenters. The normalized spacial score (nSPS) is 17.6. The molecule has 4 heterocycles. The molecule has 6 rings (SSSR count). The quantitative estimate of drug-likeness (QED) is 0.318. The SMILES string of the molecule is Cc1c(-c2ccc(OCc3cnn[nH]3)cc2)c2c(N)ncnc2n1C1CCN(C(=O)C=CCN(C)C2CC2)C1. The minimum Gasteiger partial charge on any atom is -0.487 e. The molecule has 2 fully saturated rings. The highest BCUT2D eigenvalue weighted by molar-refractivity contribution is 6.02. The summed E-state index contributed by atoms with van der Waals surface area (Å²) in [6.45, 7) is 4.59. The van der Waals surface area contributed by atoms with Gasteiger partial charge in [-0.05, 0) is 50.9 Å². The van der Waals surface area contributed by atoms with Crippen LogP contribution in [-0.4, -0.2) is 78.4 Å². The molecule has 1 saturated carbocycles. The number of likely N-dealkylation sites (tertiary alicyclic amines) is 1. The molecule has 11 heteroatoms. The van der Waals surface area contributed by atoms with E-state index in [9.17, 15) is 4.79 Å². The molecule has 1 saturated heterocycles. The molecule has 1 aliphatic carbocycles. The third kappa shape index (κ3) is 5.09. The van der Waals surface area contributed by atoms with Gasteiger partial charge in [-0.1, -0.05) is 23.4 Å². The number of carbonyl (C=O) groups excluding carboxylic acids is 1. The van der Waals surface area contributed by atoms with Crippen LogP contribution in [0.25, 0.3) is 22.2 Å². The van der Waals surface area contributed by atoms with E-state index in [-0.39, 0.29) is 11.9 Å². The lowest BCUT2D eigenvalue weighted by Crippen LogP contribution is -2.28. The number of H-pyrrole nitrogens is 1. The van der Waals surface area contributed by atoms with E-state index >= 15 is 0 Å². The second kappa shape index (κ2) is 10.5. The maximum Gasteiger partial charge on any atom is 0.246 e. The Bertz CT molecular complexity index is 1490. The molecule has 39 heavy (non-hydrogen) atoms. The maximum atomic E-state index is 12.9. The van der Waals surface area contributed by atoms with Gasteiger partial charge < -0.3 is 19.9 Å². The van der Waals surface area contributed by atoms with Gasteiger partial charge in [0, 0.05) is 43.0 Å². The van der Waals surface area contributed by atoms with Crippen LogP contribution in [0.4, 0.5) is 5.82 Å². The maximum absolute atomic E-state index is 12.9. The van der Waals surface area contributed by atoms with Crippen LogP contribution < -0.4 is 10.5 Å². The molecular weight excluding hydrogens is 494 g/mol. The van der Waals surface area contributed by atoms with Gasteiger partial charge in [0.25, 0.3) is 0 Å². The van der Waals surface area contributed by atoms with E-state index in [1.165, 1.54) is 19.2 Å². The van der Waals surface area contributed by atoms with Crippen molar-refractivity contribution in [2.45, 2.75) is 44.9 Å². The number of amides is 1. The first-order valence-corrected chi connectivity index (χ1v) is 13.3. The predicted molar refractivity (Wildman–Crippen MR) is 148 cm³/mol. The number of nitrogens with two attached hydrogens (primary N) is 1. The highest BCUT2D eigenvalue weighted by atomic mass is 16.5. The van der Waals surface area contributed by atoms with Gasteiger partial charge in [-0.15, -0.1) is 5.10 Å². The average molecular weight is 528 g/mol. The Morgan fingerprint density at radius 2 is 2.05 bits per heavy atom. The van der Waals surface area contributed by atoms with E-state index in [0.717, 1.165) is 52.3 Å². The summed E-state index contributed by atoms with van der Waals surface area (Å²) in [5.41, 5.74) is 11.1. The lowest BCUT2D eigenvalue weighted by Gasteiger charge is -2.18. The number of hydrogen-bond acceptors (Lipinski definition) is 8. The van der Waals surface area contributed by atoms with Gasteiger partial charge in [-0.3, -0.25) is 14.8 Å². The molecule has 2 aliphatic rings. The van der Waals surface area contributed by atoms with Gasteiger partial charge in [-0.2, -0.15) is 0 Å². The summed E-state index contributed by atoms with van der Waals surface area (Å²) in [6, 6.07) is 8.69. The molecule has 1 amide bonds. The van der Waals surface area contributed by atoms with E-state index < -0.39 is 0 Å². The molecule has 3 N–H and O–H groups in total. The molecular formula is C28H33N9O2. The highest BCUT2D eigenvalue weighted by Gasteiger charge is 2.31. The van der Waals surface area contributed by atoms with Crippen molar-refractivity contribution in [3.63, 3.8) is 0 Å². The standard InChI is InChI=1S/C28H33N9O2/c1-18-25(19-5-9-23(10-6-19)39-16-20-14-32-34-33-20)26-27(29)30-17-31-28(26)37(18)22-11-13-36(15-22)24(38)4-3-12-35(2)21-7-8-21/h3-6,9-10,14,17,21-22H,7-8,11-13,15-16H2,1-2H3,(H2,29,30,31)(H,32,33,34). The van der Waals surface area contributed by atoms with E-state index in [2.05, 4.69) is 48.8 Å². The number of nitrogens with zero attached hydrogens (tertiary/aromatic N) is 7. The smallest absolute Gasteiger partial charge is 0.246 e. The van der Waals surface area contributed by atoms with Crippen LogP contribution in [0.2, 0.25) is 0 Å². The number of aromatic amines is 1. The number of aromatic nitrogens is 6. The predicted octanol–water partition coefficient (Wildman–Crippen LogP) is 3.11. The van der Waals surface area contributed by atoms with Crippen molar-refractivity contribution in [2.24, 2.45) is 0 Å². The zero-order valence-electron chi connectivity index (χ0n) is 22.2. The van der Waals surface area contributed by atoms with Crippen molar-refractivity contribution in [1.82, 2.24) is 39.7 Å². The average Bonchev–Trinajstić information content (AvgIpc) is 3.31. The summed E-state index contributed by atoms with van der Waals surface area (Å²) >= 11 is 0. The van der Waals surface area contributed by atoms with Gasteiger partial charge in [0.1, 0.15) is 30.1 Å². The lowest BCUT2D eigenvalue weighted by molar-refractivity contribution is -0.125. The van der Waals surface area contributed by atoms with E-state index in [0.29, 0.717) is 31.6 Å². The number of benzene rings is 1. The number of anilines is 1. The van der Waals surface area contributed by atoms with Crippen LogP contribution in [0, 0.1) is 6.92 Å². The second-order valence-corrected chi connectivity index (χ2v) is 10.4. The summed E-state index contributed by atoms with van der Waals surface area (Å²) in [4.78, 5) is 26.1. The van der Waals surface area contributed by atoms with Gasteiger partial charge in [0.15, 0.2) is 0 Å². The summed E-state index contributed by atoms with van der Waals surface area (Å²) in [5, 5.41) is 11.1. The van der Waals surface area contributed by atoms with E-state index in [4.69, 9.17) is 10.5 Å². The van der Waals surface area contributed by atoms with E-state index in [1.807, 2.05) is 35.2 Å². The third-order valence-corrected chi connectivity index (χ3v) is 7.72. The Kier molecular flexibility index (Phi) is 6.74. The van der Waals surface area contributed by atoms with Crippen LogP contribution in [0.3, 0.4) is 0 Å².